The van der Waals surface area contributed by atoms with Crippen molar-refractivity contribution < 1.29 is 13.9 Å². The monoisotopic (exact) mass is 257 g/mol. The van der Waals surface area contributed by atoms with Crippen LogP contribution in [0.4, 0.5) is 4.39 Å². The van der Waals surface area contributed by atoms with E-state index in [1.807, 2.05) is 0 Å². The van der Waals surface area contributed by atoms with Gasteiger partial charge in [0.2, 0.25) is 0 Å². The Morgan fingerprint density at radius 2 is 2.41 bits per heavy atom. The molecular formula is C12H13ClFNO2. The van der Waals surface area contributed by atoms with Gasteiger partial charge in [0, 0.05) is 24.0 Å². The minimum Gasteiger partial charge on any atom is -0.378 e. The number of morpholine rings is 1. The number of ketones is 1. The van der Waals surface area contributed by atoms with Gasteiger partial charge in [-0.2, -0.15) is 0 Å². The third-order valence-electron chi connectivity index (χ3n) is 2.66. The first-order valence-corrected chi connectivity index (χ1v) is 5.84. The molecule has 1 aliphatic heterocycles. The minimum absolute atomic E-state index is 0.0462. The van der Waals surface area contributed by atoms with Crippen LogP contribution in [-0.2, 0) is 4.74 Å². The fourth-order valence-corrected chi connectivity index (χ4v) is 1.97. The fraction of sp³-hybridized carbons (Fsp3) is 0.417. The highest BCUT2D eigenvalue weighted by Crippen LogP contribution is 2.17. The first-order chi connectivity index (χ1) is 8.16. The van der Waals surface area contributed by atoms with E-state index < -0.39 is 5.82 Å². The molecule has 17 heavy (non-hydrogen) atoms. The number of ether oxygens (including phenoxy) is 1. The average Bonchev–Trinajstić information content (AvgIpc) is 2.33. The Bertz CT molecular complexity index is 419. The van der Waals surface area contributed by atoms with Crippen LogP contribution >= 0.6 is 11.6 Å². The number of nitrogens with one attached hydrogen (secondary N) is 1. The largest absolute Gasteiger partial charge is 0.378 e. The molecule has 5 heteroatoms. The molecule has 1 N–H and O–H groups in total. The number of hydrogen-bond acceptors (Lipinski definition) is 3. The van der Waals surface area contributed by atoms with Crippen molar-refractivity contribution >= 4 is 17.4 Å². The average molecular weight is 258 g/mol. The molecule has 1 aromatic rings. The smallest absolute Gasteiger partial charge is 0.167 e. The fourth-order valence-electron chi connectivity index (χ4n) is 1.80. The number of benzene rings is 1. The molecule has 0 amide bonds. The van der Waals surface area contributed by atoms with Crippen molar-refractivity contribution in [1.29, 1.82) is 0 Å². The van der Waals surface area contributed by atoms with Crippen LogP contribution in [0.3, 0.4) is 0 Å². The Hall–Kier alpha value is -0.970. The standard InChI is InChI=1S/C12H13ClFNO2/c13-8-1-2-11(14)10(5-8)12(16)6-9-7-17-4-3-15-9/h1-2,5,9,15H,3-4,6-7H2. The van der Waals surface area contributed by atoms with Crippen LogP contribution in [0.25, 0.3) is 0 Å². The summed E-state index contributed by atoms with van der Waals surface area (Å²) in [6.07, 6.45) is 0.220. The summed E-state index contributed by atoms with van der Waals surface area (Å²) in [5, 5.41) is 3.52. The van der Waals surface area contributed by atoms with Crippen LogP contribution < -0.4 is 5.32 Å². The van der Waals surface area contributed by atoms with E-state index in [-0.39, 0.29) is 23.8 Å². The van der Waals surface area contributed by atoms with Crippen LogP contribution in [-0.4, -0.2) is 31.6 Å². The maximum Gasteiger partial charge on any atom is 0.167 e. The Morgan fingerprint density at radius 3 is 3.12 bits per heavy atom. The van der Waals surface area contributed by atoms with Gasteiger partial charge in [-0.15, -0.1) is 0 Å². The van der Waals surface area contributed by atoms with Crippen molar-refractivity contribution in [3.8, 4) is 0 Å². The van der Waals surface area contributed by atoms with Gasteiger partial charge in [-0.3, -0.25) is 4.79 Å². The summed E-state index contributed by atoms with van der Waals surface area (Å²) in [5.74, 6) is -0.788. The molecule has 0 spiro atoms. The molecule has 0 bridgehead atoms. The molecule has 1 aliphatic rings. The maximum absolute atomic E-state index is 13.4. The van der Waals surface area contributed by atoms with Gasteiger partial charge in [-0.05, 0) is 18.2 Å². The lowest BCUT2D eigenvalue weighted by Gasteiger charge is -2.23. The summed E-state index contributed by atoms with van der Waals surface area (Å²) in [6, 6.07) is 3.95. The molecule has 1 fully saturated rings. The molecule has 2 rings (SSSR count). The van der Waals surface area contributed by atoms with E-state index in [2.05, 4.69) is 5.32 Å². The van der Waals surface area contributed by atoms with Gasteiger partial charge in [-0.1, -0.05) is 11.6 Å². The van der Waals surface area contributed by atoms with Crippen LogP contribution in [0.2, 0.25) is 5.02 Å². The number of halogens is 2. The number of Topliss-reactive ketones (excluding diaryl/α,β-unsaturated/α-hetero) is 1. The zero-order valence-electron chi connectivity index (χ0n) is 9.21. The molecule has 1 heterocycles. The molecule has 1 saturated heterocycles. The molecule has 0 saturated carbocycles. The van der Waals surface area contributed by atoms with Gasteiger partial charge in [0.15, 0.2) is 5.78 Å². The van der Waals surface area contributed by atoms with E-state index in [4.69, 9.17) is 16.3 Å². The minimum atomic E-state index is -0.531. The molecule has 0 aromatic heterocycles. The molecule has 3 nitrogen and oxygen atoms in total. The second-order valence-corrected chi connectivity index (χ2v) is 4.41. The highest BCUT2D eigenvalue weighted by Gasteiger charge is 2.20. The zero-order valence-corrected chi connectivity index (χ0v) is 9.97. The van der Waals surface area contributed by atoms with Crippen molar-refractivity contribution in [2.45, 2.75) is 12.5 Å². The van der Waals surface area contributed by atoms with Gasteiger partial charge in [-0.25, -0.2) is 4.39 Å². The van der Waals surface area contributed by atoms with Gasteiger partial charge in [0.25, 0.3) is 0 Å². The van der Waals surface area contributed by atoms with Crippen molar-refractivity contribution in [2.75, 3.05) is 19.8 Å². The summed E-state index contributed by atoms with van der Waals surface area (Å²) < 4.78 is 18.7. The lowest BCUT2D eigenvalue weighted by atomic mass is 10.0. The highest BCUT2D eigenvalue weighted by atomic mass is 35.5. The van der Waals surface area contributed by atoms with Gasteiger partial charge in [0.05, 0.1) is 18.8 Å². The normalized spacial score (nSPS) is 20.2. The summed E-state index contributed by atoms with van der Waals surface area (Å²) in [5.41, 5.74) is 0.0462. The Morgan fingerprint density at radius 1 is 1.59 bits per heavy atom. The predicted octanol–water partition coefficient (Wildman–Crippen LogP) is 2.04. The maximum atomic E-state index is 13.4. The first kappa shape index (κ1) is 12.5. The van der Waals surface area contributed by atoms with Crippen LogP contribution in [0.15, 0.2) is 18.2 Å². The Kier molecular flexibility index (Phi) is 4.10. The van der Waals surface area contributed by atoms with Crippen LogP contribution in [0, 0.1) is 5.82 Å². The van der Waals surface area contributed by atoms with E-state index >= 15 is 0 Å². The highest BCUT2D eigenvalue weighted by molar-refractivity contribution is 6.31. The summed E-state index contributed by atoms with van der Waals surface area (Å²) in [6.45, 7) is 1.85. The number of rotatable bonds is 3. The van der Waals surface area contributed by atoms with Crippen molar-refractivity contribution in [1.82, 2.24) is 5.32 Å². The third kappa shape index (κ3) is 3.25. The number of carbonyl (C=O) groups excluding carboxylic acids is 1. The van der Waals surface area contributed by atoms with Crippen molar-refractivity contribution in [3.63, 3.8) is 0 Å². The first-order valence-electron chi connectivity index (χ1n) is 5.46. The quantitative estimate of drug-likeness (QED) is 0.843. The Labute approximate surface area is 104 Å². The van der Waals surface area contributed by atoms with Crippen molar-refractivity contribution in [3.05, 3.63) is 34.6 Å². The summed E-state index contributed by atoms with van der Waals surface area (Å²) >= 11 is 5.74. The zero-order chi connectivity index (χ0) is 12.3. The van der Waals surface area contributed by atoms with Crippen molar-refractivity contribution in [2.24, 2.45) is 0 Å². The predicted molar refractivity (Wildman–Crippen MR) is 63.0 cm³/mol. The van der Waals surface area contributed by atoms with E-state index in [9.17, 15) is 9.18 Å². The summed E-state index contributed by atoms with van der Waals surface area (Å²) in [7, 11) is 0. The second-order valence-electron chi connectivity index (χ2n) is 3.98. The topological polar surface area (TPSA) is 38.3 Å². The summed E-state index contributed by atoms with van der Waals surface area (Å²) in [4.78, 5) is 11.9. The van der Waals surface area contributed by atoms with Gasteiger partial charge < -0.3 is 10.1 Å². The van der Waals surface area contributed by atoms with E-state index in [1.54, 1.807) is 0 Å². The third-order valence-corrected chi connectivity index (χ3v) is 2.89. The second kappa shape index (κ2) is 5.58. The van der Waals surface area contributed by atoms with E-state index in [1.165, 1.54) is 18.2 Å². The van der Waals surface area contributed by atoms with Gasteiger partial charge >= 0.3 is 0 Å². The molecule has 1 atom stereocenters. The molecule has 0 aliphatic carbocycles. The molecule has 1 unspecified atom stereocenters. The van der Waals surface area contributed by atoms with Crippen LogP contribution in [0.1, 0.15) is 16.8 Å². The molecule has 92 valence electrons. The Balaban J connectivity index is 2.05. The molecule has 0 radical (unpaired) electrons. The molecule has 1 aromatic carbocycles. The van der Waals surface area contributed by atoms with E-state index in [0.717, 1.165) is 6.54 Å². The lowest BCUT2D eigenvalue weighted by molar-refractivity contribution is 0.0674. The lowest BCUT2D eigenvalue weighted by Crippen LogP contribution is -2.42. The molecular weight excluding hydrogens is 245 g/mol. The van der Waals surface area contributed by atoms with Crippen LogP contribution in [0.5, 0.6) is 0 Å². The SMILES string of the molecule is O=C(CC1COCCN1)c1cc(Cl)ccc1F. The number of hydrogen-bond donors (Lipinski definition) is 1. The number of carbonyl (C=O) groups is 1. The van der Waals surface area contributed by atoms with E-state index in [0.29, 0.717) is 18.2 Å². The van der Waals surface area contributed by atoms with Gasteiger partial charge in [0.1, 0.15) is 5.82 Å².